The molecule has 0 bridgehead atoms. The minimum atomic E-state index is 0.588. The van der Waals surface area contributed by atoms with Gasteiger partial charge in [0.2, 0.25) is 0 Å². The Bertz CT molecular complexity index is 771. The van der Waals surface area contributed by atoms with Gasteiger partial charge in [-0.1, -0.05) is 48.7 Å². The number of nitrogens with zero attached hydrogens (tertiary/aromatic N) is 2. The topological polar surface area (TPSA) is 18.5 Å². The summed E-state index contributed by atoms with van der Waals surface area (Å²) in [6.07, 6.45) is 3.59. The molecule has 6 heteroatoms. The summed E-state index contributed by atoms with van der Waals surface area (Å²) < 4.78 is 0. The first-order valence-electron chi connectivity index (χ1n) is 9.41. The maximum Gasteiger partial charge on any atom is 0.173 e. The molecule has 1 fully saturated rings. The van der Waals surface area contributed by atoms with E-state index in [2.05, 4.69) is 46.3 Å². The Labute approximate surface area is 177 Å². The lowest BCUT2D eigenvalue weighted by Crippen LogP contribution is -2.50. The molecule has 0 radical (unpaired) electrons. The third kappa shape index (κ3) is 5.50. The molecule has 1 aliphatic heterocycles. The number of unbranched alkanes of at least 4 members (excludes halogenated alkanes) is 1. The van der Waals surface area contributed by atoms with Crippen molar-refractivity contribution in [3.05, 3.63) is 58.1 Å². The zero-order valence-corrected chi connectivity index (χ0v) is 17.9. The average Bonchev–Trinajstić information content (AvgIpc) is 2.69. The van der Waals surface area contributed by atoms with E-state index in [1.165, 1.54) is 18.4 Å². The van der Waals surface area contributed by atoms with Gasteiger partial charge >= 0.3 is 0 Å². The Morgan fingerprint density at radius 2 is 1.70 bits per heavy atom. The number of hydrogen-bond acceptors (Lipinski definition) is 2. The summed E-state index contributed by atoms with van der Waals surface area (Å²) in [6, 6.07) is 14.4. The molecule has 1 N–H and O–H groups in total. The maximum atomic E-state index is 6.14. The highest BCUT2D eigenvalue weighted by Gasteiger charge is 2.19. The van der Waals surface area contributed by atoms with Gasteiger partial charge in [-0.3, -0.25) is 0 Å². The number of rotatable bonds is 5. The first kappa shape index (κ1) is 20.2. The summed E-state index contributed by atoms with van der Waals surface area (Å²) in [5, 5.41) is 5.33. The molecule has 0 amide bonds. The first-order chi connectivity index (χ1) is 13.1. The molecule has 1 aliphatic rings. The zero-order valence-electron chi connectivity index (χ0n) is 15.5. The van der Waals surface area contributed by atoms with Gasteiger partial charge in [-0.05, 0) is 61.0 Å². The normalized spacial score (nSPS) is 14.3. The van der Waals surface area contributed by atoms with Gasteiger partial charge in [0.25, 0.3) is 0 Å². The van der Waals surface area contributed by atoms with E-state index in [0.717, 1.165) is 49.1 Å². The molecule has 27 heavy (non-hydrogen) atoms. The molecule has 3 nitrogen and oxygen atoms in total. The van der Waals surface area contributed by atoms with Crippen molar-refractivity contribution in [1.82, 2.24) is 4.90 Å². The van der Waals surface area contributed by atoms with Gasteiger partial charge in [0, 0.05) is 37.6 Å². The molecule has 0 saturated carbocycles. The van der Waals surface area contributed by atoms with Crippen LogP contribution in [0.2, 0.25) is 10.0 Å². The van der Waals surface area contributed by atoms with E-state index in [0.29, 0.717) is 10.0 Å². The van der Waals surface area contributed by atoms with Gasteiger partial charge in [-0.2, -0.15) is 0 Å². The molecule has 0 aromatic heterocycles. The third-order valence-electron chi connectivity index (χ3n) is 4.86. The van der Waals surface area contributed by atoms with Crippen molar-refractivity contribution in [1.29, 1.82) is 0 Å². The van der Waals surface area contributed by atoms with E-state index in [4.69, 9.17) is 35.4 Å². The van der Waals surface area contributed by atoms with Crippen LogP contribution in [0.3, 0.4) is 0 Å². The zero-order chi connectivity index (χ0) is 19.2. The molecule has 144 valence electrons. The van der Waals surface area contributed by atoms with E-state index in [-0.39, 0.29) is 0 Å². The summed E-state index contributed by atoms with van der Waals surface area (Å²) in [7, 11) is 0. The molecular weight excluding hydrogens is 397 g/mol. The molecule has 0 aliphatic carbocycles. The Morgan fingerprint density at radius 1 is 1.00 bits per heavy atom. The SMILES string of the molecule is CCCCc1ccc(NC(=S)N2CCN(c3ccc(Cl)c(Cl)c3)CC2)cc1. The highest BCUT2D eigenvalue weighted by molar-refractivity contribution is 7.80. The fourth-order valence-corrected chi connectivity index (χ4v) is 3.78. The van der Waals surface area contributed by atoms with Gasteiger partial charge in [-0.15, -0.1) is 0 Å². The first-order valence-corrected chi connectivity index (χ1v) is 10.6. The predicted molar refractivity (Wildman–Crippen MR) is 122 cm³/mol. The second-order valence-corrected chi connectivity index (χ2v) is 8.00. The predicted octanol–water partition coefficient (Wildman–Crippen LogP) is 5.86. The van der Waals surface area contributed by atoms with Crippen LogP contribution in [0.1, 0.15) is 25.3 Å². The van der Waals surface area contributed by atoms with Crippen LogP contribution < -0.4 is 10.2 Å². The molecule has 0 unspecified atom stereocenters. The molecule has 0 atom stereocenters. The summed E-state index contributed by atoms with van der Waals surface area (Å²) >= 11 is 17.8. The lowest BCUT2D eigenvalue weighted by Gasteiger charge is -2.37. The van der Waals surface area contributed by atoms with E-state index in [1.54, 1.807) is 0 Å². The highest BCUT2D eigenvalue weighted by atomic mass is 35.5. The van der Waals surface area contributed by atoms with Gasteiger partial charge in [0.1, 0.15) is 0 Å². The van der Waals surface area contributed by atoms with Gasteiger partial charge in [-0.25, -0.2) is 0 Å². The lowest BCUT2D eigenvalue weighted by molar-refractivity contribution is 0.391. The molecule has 2 aromatic carbocycles. The Kier molecular flexibility index (Phi) is 7.22. The molecule has 0 spiro atoms. The smallest absolute Gasteiger partial charge is 0.173 e. The second kappa shape index (κ2) is 9.63. The monoisotopic (exact) mass is 421 g/mol. The Hall–Kier alpha value is -1.49. The van der Waals surface area contributed by atoms with Crippen LogP contribution >= 0.6 is 35.4 Å². The number of thiocarbonyl (C=S) groups is 1. The number of piperazine rings is 1. The van der Waals surface area contributed by atoms with Gasteiger partial charge < -0.3 is 15.1 Å². The molecule has 1 heterocycles. The maximum absolute atomic E-state index is 6.14. The van der Waals surface area contributed by atoms with Crippen molar-refractivity contribution in [3.63, 3.8) is 0 Å². The van der Waals surface area contributed by atoms with Crippen LogP contribution in [-0.4, -0.2) is 36.2 Å². The van der Waals surface area contributed by atoms with Crippen molar-refractivity contribution >= 4 is 51.9 Å². The molecular formula is C21H25Cl2N3S. The van der Waals surface area contributed by atoms with Crippen LogP contribution in [0.4, 0.5) is 11.4 Å². The number of benzene rings is 2. The number of nitrogens with one attached hydrogen (secondary N) is 1. The largest absolute Gasteiger partial charge is 0.368 e. The summed E-state index contributed by atoms with van der Waals surface area (Å²) in [5.74, 6) is 0. The number of halogens is 2. The summed E-state index contributed by atoms with van der Waals surface area (Å²) in [5.41, 5.74) is 3.53. The van der Waals surface area contributed by atoms with Crippen molar-refractivity contribution in [3.8, 4) is 0 Å². The fourth-order valence-electron chi connectivity index (χ4n) is 3.19. The number of anilines is 2. The Morgan fingerprint density at radius 3 is 2.33 bits per heavy atom. The number of hydrogen-bond donors (Lipinski definition) is 1. The second-order valence-electron chi connectivity index (χ2n) is 6.80. The van der Waals surface area contributed by atoms with Crippen LogP contribution in [0.15, 0.2) is 42.5 Å². The van der Waals surface area contributed by atoms with E-state index in [1.807, 2.05) is 18.2 Å². The quantitative estimate of drug-likeness (QED) is 0.609. The van der Waals surface area contributed by atoms with Crippen molar-refractivity contribution in [2.75, 3.05) is 36.4 Å². The van der Waals surface area contributed by atoms with E-state index < -0.39 is 0 Å². The summed E-state index contributed by atoms with van der Waals surface area (Å²) in [6.45, 7) is 5.77. The average molecular weight is 422 g/mol. The van der Waals surface area contributed by atoms with Gasteiger partial charge in [0.05, 0.1) is 10.0 Å². The molecule has 3 rings (SSSR count). The minimum Gasteiger partial charge on any atom is -0.368 e. The minimum absolute atomic E-state index is 0.588. The van der Waals surface area contributed by atoms with Gasteiger partial charge in [0.15, 0.2) is 5.11 Å². The van der Waals surface area contributed by atoms with Crippen molar-refractivity contribution < 1.29 is 0 Å². The van der Waals surface area contributed by atoms with Crippen LogP contribution in [0.25, 0.3) is 0 Å². The van der Waals surface area contributed by atoms with Crippen LogP contribution in [-0.2, 0) is 6.42 Å². The van der Waals surface area contributed by atoms with Crippen molar-refractivity contribution in [2.45, 2.75) is 26.2 Å². The summed E-state index contributed by atoms with van der Waals surface area (Å²) in [4.78, 5) is 4.53. The van der Waals surface area contributed by atoms with Crippen molar-refractivity contribution in [2.24, 2.45) is 0 Å². The highest BCUT2D eigenvalue weighted by Crippen LogP contribution is 2.27. The molecule has 1 saturated heterocycles. The fraction of sp³-hybridized carbons (Fsp3) is 0.381. The van der Waals surface area contributed by atoms with Crippen LogP contribution in [0.5, 0.6) is 0 Å². The number of aryl methyl sites for hydroxylation is 1. The standard InChI is InChI=1S/C21H25Cl2N3S/c1-2-3-4-16-5-7-17(8-6-16)24-21(27)26-13-11-25(12-14-26)18-9-10-19(22)20(23)15-18/h5-10,15H,2-4,11-14H2,1H3,(H,24,27). The Balaban J connectivity index is 1.51. The van der Waals surface area contributed by atoms with E-state index >= 15 is 0 Å². The third-order valence-corrected chi connectivity index (χ3v) is 5.96. The van der Waals surface area contributed by atoms with Crippen LogP contribution in [0, 0.1) is 0 Å². The molecule has 2 aromatic rings. The lowest BCUT2D eigenvalue weighted by atomic mass is 10.1. The van der Waals surface area contributed by atoms with E-state index in [9.17, 15) is 0 Å².